The second kappa shape index (κ2) is 6.89. The Bertz CT molecular complexity index is 1060. The molecule has 0 unspecified atom stereocenters. The van der Waals surface area contributed by atoms with E-state index in [2.05, 4.69) is 14.9 Å². The molecule has 146 valence electrons. The number of aromatic nitrogens is 3. The number of carboxylic acids is 1. The van der Waals surface area contributed by atoms with Crippen molar-refractivity contribution in [2.24, 2.45) is 0 Å². The predicted octanol–water partition coefficient (Wildman–Crippen LogP) is 3.27. The fourth-order valence-electron chi connectivity index (χ4n) is 4.28. The molecule has 1 N–H and O–H groups in total. The second-order valence-corrected chi connectivity index (χ2v) is 7.52. The van der Waals surface area contributed by atoms with Gasteiger partial charge in [0.15, 0.2) is 0 Å². The van der Waals surface area contributed by atoms with Crippen molar-refractivity contribution in [1.82, 2.24) is 14.5 Å². The molecule has 0 saturated carbocycles. The molecule has 0 radical (unpaired) electrons. The molecule has 0 saturated heterocycles. The number of rotatable bonds is 4. The van der Waals surface area contributed by atoms with Crippen LogP contribution in [0.1, 0.15) is 29.1 Å². The smallest absolute Gasteiger partial charge is 0.323 e. The lowest BCUT2D eigenvalue weighted by Gasteiger charge is -2.32. The summed E-state index contributed by atoms with van der Waals surface area (Å²) in [4.78, 5) is 22.6. The third-order valence-corrected chi connectivity index (χ3v) is 5.53. The topological polar surface area (TPSA) is 71.2 Å². The summed E-state index contributed by atoms with van der Waals surface area (Å²) in [5.41, 5.74) is 4.65. The highest BCUT2D eigenvalue weighted by Gasteiger charge is 2.29. The summed E-state index contributed by atoms with van der Waals surface area (Å²) in [6.45, 7) is 3.79. The van der Waals surface area contributed by atoms with Crippen LogP contribution in [0.15, 0.2) is 24.3 Å². The van der Waals surface area contributed by atoms with Gasteiger partial charge in [0.1, 0.15) is 12.4 Å². The van der Waals surface area contributed by atoms with Crippen LogP contribution in [0.5, 0.6) is 0 Å². The summed E-state index contributed by atoms with van der Waals surface area (Å²) < 4.78 is 15.7. The third-order valence-electron chi connectivity index (χ3n) is 5.53. The average molecular weight is 382 g/mol. The first-order chi connectivity index (χ1) is 13.3. The predicted molar refractivity (Wildman–Crippen MR) is 105 cm³/mol. The number of carboxylic acid groups (broad SMARTS) is 1. The molecule has 0 amide bonds. The van der Waals surface area contributed by atoms with Crippen LogP contribution in [0.3, 0.4) is 0 Å². The Morgan fingerprint density at radius 3 is 2.68 bits per heavy atom. The lowest BCUT2D eigenvalue weighted by Crippen LogP contribution is -2.38. The molecule has 0 aliphatic heterocycles. The van der Waals surface area contributed by atoms with Crippen molar-refractivity contribution in [3.05, 3.63) is 52.7 Å². The van der Waals surface area contributed by atoms with Gasteiger partial charge in [0.25, 0.3) is 0 Å². The molecule has 0 fully saturated rings. The molecule has 7 heteroatoms. The molecule has 2 heterocycles. The highest BCUT2D eigenvalue weighted by Crippen LogP contribution is 2.34. The number of benzene rings is 1. The Kier molecular flexibility index (Phi) is 4.53. The van der Waals surface area contributed by atoms with Crippen molar-refractivity contribution in [2.45, 2.75) is 45.7 Å². The molecular formula is C21H23FN4O2. The van der Waals surface area contributed by atoms with E-state index in [1.165, 1.54) is 12.1 Å². The molecule has 1 aromatic carbocycles. The Balaban J connectivity index is 1.74. The maximum Gasteiger partial charge on any atom is 0.323 e. The molecule has 28 heavy (non-hydrogen) atoms. The molecule has 4 rings (SSSR count). The monoisotopic (exact) mass is 382 g/mol. The van der Waals surface area contributed by atoms with Crippen LogP contribution < -0.4 is 4.90 Å². The minimum absolute atomic E-state index is 0.113. The summed E-state index contributed by atoms with van der Waals surface area (Å²) in [6.07, 6.45) is 2.30. The van der Waals surface area contributed by atoms with E-state index in [0.717, 1.165) is 46.4 Å². The molecule has 1 aliphatic rings. The van der Waals surface area contributed by atoms with Crippen molar-refractivity contribution in [3.8, 4) is 0 Å². The van der Waals surface area contributed by atoms with E-state index in [4.69, 9.17) is 0 Å². The Morgan fingerprint density at radius 2 is 2.00 bits per heavy atom. The Hall–Kier alpha value is -2.96. The number of aryl methyl sites for hydroxylation is 2. The number of nitrogens with zero attached hydrogens (tertiary/aromatic N) is 4. The van der Waals surface area contributed by atoms with Crippen molar-refractivity contribution < 1.29 is 14.3 Å². The number of anilines is 1. The van der Waals surface area contributed by atoms with Gasteiger partial charge in [-0.15, -0.1) is 0 Å². The van der Waals surface area contributed by atoms with Crippen LogP contribution >= 0.6 is 0 Å². The van der Waals surface area contributed by atoms with Crippen molar-refractivity contribution in [3.63, 3.8) is 0 Å². The summed E-state index contributed by atoms with van der Waals surface area (Å²) in [7, 11) is 1.99. The van der Waals surface area contributed by atoms with E-state index in [1.54, 1.807) is 6.07 Å². The summed E-state index contributed by atoms with van der Waals surface area (Å²) in [5, 5.41) is 10.1. The van der Waals surface area contributed by atoms with Crippen molar-refractivity contribution in [1.29, 1.82) is 0 Å². The van der Waals surface area contributed by atoms with Gasteiger partial charge in [-0.25, -0.2) is 14.4 Å². The number of likely N-dealkylation sites (N-methyl/N-ethyl adjacent to an activating group) is 1. The van der Waals surface area contributed by atoms with E-state index < -0.39 is 5.97 Å². The first-order valence-corrected chi connectivity index (χ1v) is 9.40. The highest BCUT2D eigenvalue weighted by molar-refractivity contribution is 5.87. The van der Waals surface area contributed by atoms with Gasteiger partial charge in [-0.3, -0.25) is 4.79 Å². The fraction of sp³-hybridized carbons (Fsp3) is 0.381. The largest absolute Gasteiger partial charge is 0.480 e. The maximum absolute atomic E-state index is 13.9. The number of aliphatic carboxylic acids is 1. The SMILES string of the molecule is Cc1cc(C)nc(N(C)[C@H]2CCc3c(c4cc(F)ccc4n3CC(=O)O)C2)n1. The van der Waals surface area contributed by atoms with Gasteiger partial charge in [0.05, 0.1) is 0 Å². The van der Waals surface area contributed by atoms with Crippen LogP contribution in [0.25, 0.3) is 10.9 Å². The maximum atomic E-state index is 13.9. The van der Waals surface area contributed by atoms with Crippen LogP contribution in [0.4, 0.5) is 10.3 Å². The molecule has 1 aliphatic carbocycles. The van der Waals surface area contributed by atoms with Crippen LogP contribution in [-0.2, 0) is 24.2 Å². The average Bonchev–Trinajstić information content (AvgIpc) is 2.92. The minimum atomic E-state index is -0.896. The van der Waals surface area contributed by atoms with Gasteiger partial charge < -0.3 is 14.6 Å². The quantitative estimate of drug-likeness (QED) is 0.750. The zero-order chi connectivity index (χ0) is 20.0. The van der Waals surface area contributed by atoms with E-state index in [1.807, 2.05) is 31.5 Å². The zero-order valence-corrected chi connectivity index (χ0v) is 16.2. The third kappa shape index (κ3) is 3.21. The molecule has 2 aromatic heterocycles. The molecule has 1 atom stereocenters. The van der Waals surface area contributed by atoms with Gasteiger partial charge in [-0.1, -0.05) is 0 Å². The second-order valence-electron chi connectivity index (χ2n) is 7.52. The molecule has 3 aromatic rings. The highest BCUT2D eigenvalue weighted by atomic mass is 19.1. The Morgan fingerprint density at radius 1 is 1.29 bits per heavy atom. The van der Waals surface area contributed by atoms with Gasteiger partial charge in [-0.2, -0.15) is 0 Å². The number of halogens is 1. The lowest BCUT2D eigenvalue weighted by molar-refractivity contribution is -0.137. The zero-order valence-electron chi connectivity index (χ0n) is 16.2. The van der Waals surface area contributed by atoms with Gasteiger partial charge in [0, 0.05) is 41.1 Å². The standard InChI is InChI=1S/C21H23FN4O2/c1-12-8-13(2)24-21(23-12)25(3)15-5-7-19-17(10-15)16-9-14(22)4-6-18(16)26(19)11-20(27)28/h4,6,8-9,15H,5,7,10-11H2,1-3H3,(H,27,28)/t15-/m0/s1. The van der Waals surface area contributed by atoms with E-state index >= 15 is 0 Å². The van der Waals surface area contributed by atoms with Crippen molar-refractivity contribution in [2.75, 3.05) is 11.9 Å². The molecule has 0 spiro atoms. The fourth-order valence-corrected chi connectivity index (χ4v) is 4.28. The van der Waals surface area contributed by atoms with Crippen LogP contribution in [0, 0.1) is 19.7 Å². The first kappa shape index (κ1) is 18.4. The first-order valence-electron chi connectivity index (χ1n) is 9.40. The summed E-state index contributed by atoms with van der Waals surface area (Å²) >= 11 is 0. The van der Waals surface area contributed by atoms with Crippen LogP contribution in [-0.4, -0.2) is 38.7 Å². The number of fused-ring (bicyclic) bond motifs is 3. The van der Waals surface area contributed by atoms with E-state index in [9.17, 15) is 14.3 Å². The van der Waals surface area contributed by atoms with E-state index in [0.29, 0.717) is 12.4 Å². The minimum Gasteiger partial charge on any atom is -0.480 e. The van der Waals surface area contributed by atoms with Crippen LogP contribution in [0.2, 0.25) is 0 Å². The van der Waals surface area contributed by atoms with E-state index in [-0.39, 0.29) is 18.4 Å². The summed E-state index contributed by atoms with van der Waals surface area (Å²) in [6, 6.07) is 6.69. The molecule has 6 nitrogen and oxygen atoms in total. The Labute approximate surface area is 162 Å². The van der Waals surface area contributed by atoms with Crippen molar-refractivity contribution >= 4 is 22.8 Å². The van der Waals surface area contributed by atoms with Gasteiger partial charge in [0.2, 0.25) is 5.95 Å². The number of carbonyl (C=O) groups is 1. The van der Waals surface area contributed by atoms with Gasteiger partial charge in [-0.05, 0) is 62.9 Å². The summed E-state index contributed by atoms with van der Waals surface area (Å²) in [5.74, 6) is -0.519. The van der Waals surface area contributed by atoms with Gasteiger partial charge >= 0.3 is 5.97 Å². The lowest BCUT2D eigenvalue weighted by atomic mass is 9.90. The number of hydrogen-bond donors (Lipinski definition) is 1. The molecule has 0 bridgehead atoms. The molecular weight excluding hydrogens is 359 g/mol. The number of hydrogen-bond acceptors (Lipinski definition) is 4. The normalized spacial score (nSPS) is 16.2.